The number of carbonyl (C=O) groups excluding carboxylic acids is 10. The summed E-state index contributed by atoms with van der Waals surface area (Å²) in [6.45, 7) is 8.86. The number of fused-ring (bicyclic) bond motifs is 4. The van der Waals surface area contributed by atoms with Crippen LogP contribution in [0.3, 0.4) is 0 Å². The molecule has 4 aromatic rings. The Morgan fingerprint density at radius 2 is 0.771 bits per heavy atom. The van der Waals surface area contributed by atoms with E-state index in [1.165, 1.54) is 38.5 Å². The molecule has 0 spiro atoms. The van der Waals surface area contributed by atoms with Crippen molar-refractivity contribution in [3.8, 4) is 34.1 Å². The third-order valence-corrected chi connectivity index (χ3v) is 21.7. The predicted molar refractivity (Wildman–Crippen MR) is 475 cm³/mol. The van der Waals surface area contributed by atoms with E-state index in [2.05, 4.69) is 58.5 Å². The van der Waals surface area contributed by atoms with Crippen molar-refractivity contribution in [2.45, 2.75) is 113 Å². The molecule has 11 amide bonds. The Morgan fingerprint density at radius 1 is 0.412 bits per heavy atom. The number of rotatable bonds is 73. The molecule has 43 nitrogen and oxygen atoms in total. The minimum absolute atomic E-state index is 0.0135. The highest BCUT2D eigenvalue weighted by Crippen LogP contribution is 2.45. The molecule has 11 N–H and O–H groups in total. The Balaban J connectivity index is 0.590. The Morgan fingerprint density at radius 3 is 1.17 bits per heavy atom. The number of hydrogen-bond acceptors (Lipinski definition) is 31. The zero-order valence-electron chi connectivity index (χ0n) is 74.8. The van der Waals surface area contributed by atoms with E-state index in [-0.39, 0.29) is 278 Å². The molecule has 7 rings (SSSR count). The van der Waals surface area contributed by atoms with Crippen LogP contribution in [0.15, 0.2) is 72.8 Å². The van der Waals surface area contributed by atoms with Gasteiger partial charge >= 0.3 is 12.1 Å². The quantitative estimate of drug-likeness (QED) is 0.0129. The van der Waals surface area contributed by atoms with E-state index in [1.54, 1.807) is 13.8 Å². The number of hydrogen-bond donors (Lipinski definition) is 11. The Labute approximate surface area is 764 Å². The van der Waals surface area contributed by atoms with Crippen LogP contribution in [0.25, 0.3) is 11.1 Å². The van der Waals surface area contributed by atoms with E-state index < -0.39 is 70.6 Å². The largest absolute Gasteiger partial charge is 0.493 e. The summed E-state index contributed by atoms with van der Waals surface area (Å²) in [6, 6.07) is 19.8. The molecule has 131 heavy (non-hydrogen) atoms. The van der Waals surface area contributed by atoms with Gasteiger partial charge in [-0.3, -0.25) is 58.6 Å². The van der Waals surface area contributed by atoms with E-state index in [9.17, 15) is 68.2 Å². The molecule has 3 aliphatic rings. The zero-order chi connectivity index (χ0) is 94.0. The molecule has 2 saturated heterocycles. The first-order chi connectivity index (χ1) is 63.6. The molecule has 0 bridgehead atoms. The lowest BCUT2D eigenvalue weighted by Crippen LogP contribution is -2.44. The molecular formula is C87H127N13O30S. The van der Waals surface area contributed by atoms with Crippen molar-refractivity contribution < 1.29 is 134 Å². The summed E-state index contributed by atoms with van der Waals surface area (Å²) >= 11 is 1.87. The van der Waals surface area contributed by atoms with Crippen LogP contribution in [0.2, 0.25) is 0 Å². The van der Waals surface area contributed by atoms with Gasteiger partial charge < -0.3 is 134 Å². The van der Waals surface area contributed by atoms with Crippen molar-refractivity contribution >= 4 is 82.5 Å². The SMILES string of the molecule is COc1cc(C(C)NC(=O)CCOCCOCCOCCOCCNC(=O)CCCOc2cc([N+](=O)[O-])c(C(C)NC(=O)CCOCCOCCOCCOCCNC(=O)CNC(=O)CNC(=O)CNC(=O)OCC3c4ccccc4-c4ccccc43)cc2OC)c([N+](=O)[O-])cc1OCCCC(=O)NCCOCCOCCOCCNC(=O)CCCC[C@@H]1SC[C@@H]2NC(=O)N[C@@H]21. The maximum Gasteiger partial charge on any atom is 0.407 e. The summed E-state index contributed by atoms with van der Waals surface area (Å²) in [5, 5.41) is 54.4. The molecule has 4 aromatic carbocycles. The molecule has 0 aromatic heterocycles. The number of carbonyl (C=O) groups is 10. The molecule has 2 heterocycles. The molecule has 2 unspecified atom stereocenters. The Hall–Kier alpha value is -10.9. The van der Waals surface area contributed by atoms with Gasteiger partial charge in [0.15, 0.2) is 23.0 Å². The van der Waals surface area contributed by atoms with Gasteiger partial charge in [0.1, 0.15) is 13.2 Å². The summed E-state index contributed by atoms with van der Waals surface area (Å²) in [4.78, 5) is 147. The first kappa shape index (κ1) is 107. The number of methoxy groups -OCH3 is 2. The summed E-state index contributed by atoms with van der Waals surface area (Å²) in [5.74, 6) is -1.66. The lowest BCUT2D eigenvalue weighted by molar-refractivity contribution is -0.386. The minimum Gasteiger partial charge on any atom is -0.493 e. The van der Waals surface area contributed by atoms with Crippen LogP contribution in [0.4, 0.5) is 21.0 Å². The van der Waals surface area contributed by atoms with E-state index in [0.29, 0.717) is 57.7 Å². The van der Waals surface area contributed by atoms with Crippen molar-refractivity contribution in [2.24, 2.45) is 0 Å². The maximum absolute atomic E-state index is 12.8. The molecule has 5 atom stereocenters. The smallest absolute Gasteiger partial charge is 0.407 e. The number of nitro benzene ring substituents is 2. The fourth-order valence-corrected chi connectivity index (χ4v) is 15.2. The maximum atomic E-state index is 12.8. The van der Waals surface area contributed by atoms with Gasteiger partial charge in [-0.25, -0.2) is 9.59 Å². The molecule has 1 aliphatic carbocycles. The topological polar surface area (TPSA) is 537 Å². The molecule has 0 saturated carbocycles. The average molecular weight is 1870 g/mol. The van der Waals surface area contributed by atoms with Gasteiger partial charge in [-0.05, 0) is 73.9 Å². The van der Waals surface area contributed by atoms with Gasteiger partial charge in [-0.15, -0.1) is 0 Å². The third-order valence-electron chi connectivity index (χ3n) is 20.2. The molecule has 44 heteroatoms. The zero-order valence-corrected chi connectivity index (χ0v) is 75.7. The fraction of sp³-hybridized carbons (Fsp3) is 0.609. The molecular weight excluding hydrogens is 1740 g/mol. The van der Waals surface area contributed by atoms with Crippen LogP contribution < -0.4 is 77.4 Å². The normalized spacial score (nSPS) is 14.5. The highest BCUT2D eigenvalue weighted by Gasteiger charge is 2.43. The predicted octanol–water partition coefficient (Wildman–Crippen LogP) is 3.82. The van der Waals surface area contributed by atoms with Gasteiger partial charge in [-0.2, -0.15) is 11.8 Å². The average Bonchev–Trinajstić information content (AvgIpc) is 1.61. The number of thioether (sulfide) groups is 1. The summed E-state index contributed by atoms with van der Waals surface area (Å²) in [6.07, 6.45) is 3.09. The van der Waals surface area contributed by atoms with E-state index in [1.807, 2.05) is 60.3 Å². The standard InChI is InChI=1S/C87H127N13O30S/c1-60(66-51-72(115-3)74(53-70(66)99(111)112)128-27-11-19-78(102)89-24-32-120-38-44-125-43-37-119-31-23-88-77(101)18-10-9-17-76-85-69(59-131-76)97-86(109)98-85)95-80(104)21-29-117-35-41-123-47-49-126-45-39-121-33-25-90-79(103)20-12-28-129-75-54-71(100(113)114)67(52-73(75)116-4)61(2)96-81(105)22-30-118-36-42-124-48-50-127-46-40-122-34-26-91-82(106)55-92-83(107)56-93-84(108)57-94-87(110)130-58-68-64-15-7-5-13-62(64)63-14-6-8-16-65(63)68/h5-8,13-16,51-54,60-61,68-69,76,85H,9-12,17-50,55-59H2,1-4H3,(H,88,101)(H,89,102)(H,90,103)(H,91,106)(H,92,107)(H,93,108)(H,94,110)(H,95,104)(H,96,105)(H2,97,98,109)/t60?,61?,69-,76-,85-/m0/s1. The van der Waals surface area contributed by atoms with E-state index in [4.69, 9.17) is 75.8 Å². The lowest BCUT2D eigenvalue weighted by Gasteiger charge is -2.18. The highest BCUT2D eigenvalue weighted by molar-refractivity contribution is 8.00. The van der Waals surface area contributed by atoms with E-state index >= 15 is 0 Å². The number of nitrogens with zero attached hydrogens (tertiary/aromatic N) is 2. The lowest BCUT2D eigenvalue weighted by atomic mass is 9.98. The first-order valence-electron chi connectivity index (χ1n) is 43.9. The van der Waals surface area contributed by atoms with Crippen molar-refractivity contribution in [1.82, 2.24) is 58.5 Å². The monoisotopic (exact) mass is 1870 g/mol. The summed E-state index contributed by atoms with van der Waals surface area (Å²) in [7, 11) is 2.76. The number of amides is 11. The molecule has 2 fully saturated rings. The third kappa shape index (κ3) is 42.0. The van der Waals surface area contributed by atoms with Gasteiger partial charge in [0, 0.05) is 75.2 Å². The fourth-order valence-electron chi connectivity index (χ4n) is 13.6. The van der Waals surface area contributed by atoms with Gasteiger partial charge in [0.05, 0.1) is 243 Å². The van der Waals surface area contributed by atoms with Gasteiger partial charge in [0.25, 0.3) is 11.4 Å². The van der Waals surface area contributed by atoms with Crippen LogP contribution >= 0.6 is 11.8 Å². The number of nitro groups is 2. The van der Waals surface area contributed by atoms with Crippen LogP contribution in [0.1, 0.15) is 118 Å². The highest BCUT2D eigenvalue weighted by atomic mass is 32.2. The second kappa shape index (κ2) is 63.2. The van der Waals surface area contributed by atoms with Crippen molar-refractivity contribution in [3.63, 3.8) is 0 Å². The number of alkyl carbamates (subject to hydrolysis) is 1. The van der Waals surface area contributed by atoms with Crippen LogP contribution in [0.5, 0.6) is 23.0 Å². The number of nitrogens with one attached hydrogen (secondary N) is 11. The first-order valence-corrected chi connectivity index (χ1v) is 45.0. The van der Waals surface area contributed by atoms with Crippen molar-refractivity contribution in [3.05, 3.63) is 115 Å². The number of benzene rings is 4. The van der Waals surface area contributed by atoms with Crippen LogP contribution in [-0.2, 0) is 95.2 Å². The Bertz CT molecular complexity index is 4170. The number of unbranched alkanes of at least 4 members (excludes halogenated alkanes) is 1. The van der Waals surface area contributed by atoms with Gasteiger partial charge in [0.2, 0.25) is 47.3 Å². The van der Waals surface area contributed by atoms with E-state index in [0.717, 1.165) is 47.3 Å². The summed E-state index contributed by atoms with van der Waals surface area (Å²) in [5.41, 5.74) is 4.04. The molecule has 726 valence electrons. The number of urea groups is 1. The second-order valence-electron chi connectivity index (χ2n) is 29.9. The minimum atomic E-state index is -0.796. The molecule has 0 radical (unpaired) electrons. The number of ether oxygens (including phenoxy) is 16. The summed E-state index contributed by atoms with van der Waals surface area (Å²) < 4.78 is 88.7. The van der Waals surface area contributed by atoms with Crippen LogP contribution in [0, 0.1) is 20.2 Å². The second-order valence-corrected chi connectivity index (χ2v) is 31.1. The Kier molecular flexibility index (Phi) is 51.7. The molecule has 2 aliphatic heterocycles. The van der Waals surface area contributed by atoms with Crippen molar-refractivity contribution in [2.75, 3.05) is 231 Å². The van der Waals surface area contributed by atoms with Gasteiger partial charge in [-0.1, -0.05) is 55.0 Å². The van der Waals surface area contributed by atoms with Crippen molar-refractivity contribution in [1.29, 1.82) is 0 Å². The van der Waals surface area contributed by atoms with Crippen LogP contribution in [-0.4, -0.2) is 318 Å².